The van der Waals surface area contributed by atoms with Crippen molar-refractivity contribution in [3.05, 3.63) is 19.1 Å². The summed E-state index contributed by atoms with van der Waals surface area (Å²) < 4.78 is 0. The summed E-state index contributed by atoms with van der Waals surface area (Å²) in [6, 6.07) is 0. The molecule has 0 aromatic heterocycles. The van der Waals surface area contributed by atoms with Crippen molar-refractivity contribution in [3.8, 4) is 0 Å². The maximum absolute atomic E-state index is 3.75. The van der Waals surface area contributed by atoms with E-state index >= 15 is 0 Å². The van der Waals surface area contributed by atoms with E-state index in [2.05, 4.69) is 19.9 Å². The average Bonchev–Trinajstić information content (AvgIpc) is 2.89. The van der Waals surface area contributed by atoms with Crippen molar-refractivity contribution >= 4 is 0 Å². The Bertz CT molecular complexity index is 381. The summed E-state index contributed by atoms with van der Waals surface area (Å²) in [4.78, 5) is 0. The van der Waals surface area contributed by atoms with Crippen LogP contribution in [0.2, 0.25) is 0 Å². The summed E-state index contributed by atoms with van der Waals surface area (Å²) in [5.74, 6) is 0. The molecule has 0 atom stereocenters. The van der Waals surface area contributed by atoms with Gasteiger partial charge >= 0.3 is 0 Å². The van der Waals surface area contributed by atoms with Crippen molar-refractivity contribution in [1.29, 1.82) is 0 Å². The first-order valence-electron chi connectivity index (χ1n) is 17.4. The molecule has 0 spiro atoms. The van der Waals surface area contributed by atoms with Gasteiger partial charge in [0.25, 0.3) is 0 Å². The van der Waals surface area contributed by atoms with Gasteiger partial charge in [-0.15, -0.1) is 0 Å². The van der Waals surface area contributed by atoms with E-state index in [9.17, 15) is 0 Å². The molecule has 0 N–H and O–H groups in total. The number of hydrogen-bond donors (Lipinski definition) is 0. The molecule has 0 heteroatoms. The molecule has 0 saturated heterocycles. The first-order chi connectivity index (χ1) is 17.9. The molecule has 0 heterocycles. The summed E-state index contributed by atoms with van der Waals surface area (Å²) in [7, 11) is 0. The van der Waals surface area contributed by atoms with Crippen molar-refractivity contribution in [2.24, 2.45) is 0 Å². The SMILES string of the molecule is [CH2]/C=C/CCCCCCCCCCCCCCCCCCCCCCCCCCCCCCCCC. The van der Waals surface area contributed by atoms with Crippen molar-refractivity contribution in [2.75, 3.05) is 0 Å². The molecule has 0 aromatic rings. The maximum Gasteiger partial charge on any atom is -0.0316 e. The van der Waals surface area contributed by atoms with E-state index in [0.29, 0.717) is 0 Å². The van der Waals surface area contributed by atoms with Crippen LogP contribution < -0.4 is 0 Å². The molecule has 0 aromatic carbocycles. The topological polar surface area (TPSA) is 0 Å². The highest BCUT2D eigenvalue weighted by Gasteiger charge is 1.97. The maximum atomic E-state index is 3.75. The third-order valence-corrected chi connectivity index (χ3v) is 8.14. The highest BCUT2D eigenvalue weighted by atomic mass is 14.0. The Labute approximate surface area is 231 Å². The van der Waals surface area contributed by atoms with Gasteiger partial charge in [0.15, 0.2) is 0 Å². The van der Waals surface area contributed by atoms with Crippen LogP contribution in [0.15, 0.2) is 12.2 Å². The van der Waals surface area contributed by atoms with Gasteiger partial charge in [-0.05, 0) is 19.8 Å². The zero-order valence-electron chi connectivity index (χ0n) is 25.5. The molecule has 0 fully saturated rings. The molecule has 0 unspecified atom stereocenters. The second-order valence-corrected chi connectivity index (χ2v) is 11.9. The molecular weight excluding hydrogens is 432 g/mol. The normalized spacial score (nSPS) is 11.7. The minimum absolute atomic E-state index is 1.23. The number of hydrogen-bond acceptors (Lipinski definition) is 0. The van der Waals surface area contributed by atoms with E-state index in [1.807, 2.05) is 6.08 Å². The van der Waals surface area contributed by atoms with Crippen LogP contribution in [0.1, 0.15) is 212 Å². The monoisotopic (exact) mass is 504 g/mol. The summed E-state index contributed by atoms with van der Waals surface area (Å²) in [6.45, 7) is 6.05. The minimum atomic E-state index is 1.23. The van der Waals surface area contributed by atoms with Gasteiger partial charge in [0.1, 0.15) is 0 Å². The lowest BCUT2D eigenvalue weighted by Crippen LogP contribution is -1.85. The third-order valence-electron chi connectivity index (χ3n) is 8.14. The Hall–Kier alpha value is -0.260. The molecule has 1 radical (unpaired) electrons. The van der Waals surface area contributed by atoms with Gasteiger partial charge < -0.3 is 0 Å². The zero-order chi connectivity index (χ0) is 26.0. The third kappa shape index (κ3) is 33.7. The lowest BCUT2D eigenvalue weighted by molar-refractivity contribution is 0.512. The van der Waals surface area contributed by atoms with Gasteiger partial charge in [0.05, 0.1) is 0 Å². The van der Waals surface area contributed by atoms with Crippen LogP contribution in [-0.4, -0.2) is 0 Å². The number of allylic oxidation sites excluding steroid dienone is 2. The molecule has 0 amide bonds. The van der Waals surface area contributed by atoms with E-state index < -0.39 is 0 Å². The van der Waals surface area contributed by atoms with Crippen molar-refractivity contribution < 1.29 is 0 Å². The van der Waals surface area contributed by atoms with Crippen LogP contribution in [0, 0.1) is 6.92 Å². The molecule has 36 heavy (non-hydrogen) atoms. The van der Waals surface area contributed by atoms with E-state index in [0.717, 1.165) is 0 Å². The molecular formula is C36H71. The minimum Gasteiger partial charge on any atom is -0.0885 e. The van der Waals surface area contributed by atoms with Crippen molar-refractivity contribution in [2.45, 2.75) is 212 Å². The van der Waals surface area contributed by atoms with Gasteiger partial charge in [0.2, 0.25) is 0 Å². The van der Waals surface area contributed by atoms with Crippen LogP contribution in [0.25, 0.3) is 0 Å². The Morgan fingerprint density at radius 3 is 0.694 bits per heavy atom. The van der Waals surface area contributed by atoms with Gasteiger partial charge in [-0.2, -0.15) is 0 Å². The van der Waals surface area contributed by atoms with Crippen LogP contribution in [0.3, 0.4) is 0 Å². The summed E-state index contributed by atoms with van der Waals surface area (Å²) in [5.41, 5.74) is 0. The second-order valence-electron chi connectivity index (χ2n) is 11.9. The number of rotatable bonds is 32. The second kappa shape index (κ2) is 34.7. The highest BCUT2D eigenvalue weighted by Crippen LogP contribution is 2.16. The predicted octanol–water partition coefficient (Wildman–Crippen LogP) is 13.9. The molecule has 0 aliphatic heterocycles. The summed E-state index contributed by atoms with van der Waals surface area (Å²) >= 11 is 0. The van der Waals surface area contributed by atoms with Gasteiger partial charge in [-0.3, -0.25) is 0 Å². The largest absolute Gasteiger partial charge is 0.0885 e. The average molecular weight is 504 g/mol. The molecule has 215 valence electrons. The Morgan fingerprint density at radius 2 is 0.500 bits per heavy atom. The standard InChI is InChI=1S/C36H71/c1-3-5-7-9-11-13-15-17-19-21-23-25-27-29-31-33-35-36-34-32-30-28-26-24-22-20-18-16-14-12-10-8-6-4-2/h3,5H,1,4,6-36H2,2H3/b5-3+. The van der Waals surface area contributed by atoms with Crippen LogP contribution in [0.5, 0.6) is 0 Å². The van der Waals surface area contributed by atoms with Gasteiger partial charge in [0, 0.05) is 0 Å². The Kier molecular flexibility index (Phi) is 34.5. The fourth-order valence-corrected chi connectivity index (χ4v) is 5.58. The van der Waals surface area contributed by atoms with Crippen LogP contribution in [-0.2, 0) is 0 Å². The first-order valence-corrected chi connectivity index (χ1v) is 17.4. The molecule has 0 nitrogen and oxygen atoms in total. The quantitative estimate of drug-likeness (QED) is 0.0800. The fourth-order valence-electron chi connectivity index (χ4n) is 5.58. The summed E-state index contributed by atoms with van der Waals surface area (Å²) in [6.07, 6.45) is 50.9. The highest BCUT2D eigenvalue weighted by molar-refractivity contribution is 4.83. The van der Waals surface area contributed by atoms with E-state index in [-0.39, 0.29) is 0 Å². The number of unbranched alkanes of at least 4 members (excludes halogenated alkanes) is 31. The van der Waals surface area contributed by atoms with Gasteiger partial charge in [-0.1, -0.05) is 212 Å². The molecule has 0 aliphatic carbocycles. The van der Waals surface area contributed by atoms with Crippen molar-refractivity contribution in [3.63, 3.8) is 0 Å². The molecule has 0 saturated carbocycles. The van der Waals surface area contributed by atoms with E-state index in [1.165, 1.54) is 205 Å². The van der Waals surface area contributed by atoms with Crippen LogP contribution in [0.4, 0.5) is 0 Å². The van der Waals surface area contributed by atoms with E-state index in [1.54, 1.807) is 0 Å². The lowest BCUT2D eigenvalue weighted by atomic mass is 10.0. The Balaban J connectivity index is 3.01. The molecule has 0 rings (SSSR count). The smallest absolute Gasteiger partial charge is 0.0316 e. The Morgan fingerprint density at radius 1 is 0.306 bits per heavy atom. The fraction of sp³-hybridized carbons (Fsp3) is 0.917. The van der Waals surface area contributed by atoms with Gasteiger partial charge in [-0.25, -0.2) is 0 Å². The molecule has 0 bridgehead atoms. The van der Waals surface area contributed by atoms with E-state index in [4.69, 9.17) is 0 Å². The van der Waals surface area contributed by atoms with Crippen molar-refractivity contribution in [1.82, 2.24) is 0 Å². The predicted molar refractivity (Wildman–Crippen MR) is 168 cm³/mol. The molecule has 0 aliphatic rings. The zero-order valence-corrected chi connectivity index (χ0v) is 25.5. The summed E-state index contributed by atoms with van der Waals surface area (Å²) in [5, 5.41) is 0. The first kappa shape index (κ1) is 35.7. The van der Waals surface area contributed by atoms with Crippen LogP contribution >= 0.6 is 0 Å². The lowest BCUT2D eigenvalue weighted by Gasteiger charge is -2.04.